The van der Waals surface area contributed by atoms with Crippen molar-refractivity contribution >= 4 is 34.0 Å². The summed E-state index contributed by atoms with van der Waals surface area (Å²) in [5, 5.41) is 13.1. The number of pyridine rings is 2. The second kappa shape index (κ2) is 7.47. The van der Waals surface area contributed by atoms with Gasteiger partial charge in [-0.25, -0.2) is 4.98 Å². The molecule has 0 bridgehead atoms. The van der Waals surface area contributed by atoms with Crippen LogP contribution in [0.5, 0.6) is 0 Å². The van der Waals surface area contributed by atoms with Gasteiger partial charge in [0.05, 0.1) is 22.1 Å². The molecule has 1 amide bonds. The number of hydrogen-bond acceptors (Lipinski definition) is 6. The number of nitrogens with one attached hydrogen (secondary N) is 1. The van der Waals surface area contributed by atoms with Crippen LogP contribution in [0.1, 0.15) is 25.7 Å². The quantitative estimate of drug-likeness (QED) is 0.736. The lowest BCUT2D eigenvalue weighted by molar-refractivity contribution is -0.121. The Labute approximate surface area is 155 Å². The summed E-state index contributed by atoms with van der Waals surface area (Å²) in [5.41, 5.74) is 3.59. The zero-order chi connectivity index (χ0) is 17.9. The lowest BCUT2D eigenvalue weighted by Crippen LogP contribution is -2.28. The lowest BCUT2D eigenvalue weighted by atomic mass is 9.82. The van der Waals surface area contributed by atoms with Gasteiger partial charge in [-0.1, -0.05) is 0 Å². The molecule has 3 aromatic rings. The molecular weight excluding hydrogens is 348 g/mol. The molecule has 0 spiro atoms. The first-order chi connectivity index (χ1) is 12.7. The molecule has 0 saturated heterocycles. The minimum Gasteiger partial charge on any atom is -0.396 e. The van der Waals surface area contributed by atoms with Gasteiger partial charge in [0.1, 0.15) is 5.82 Å². The van der Waals surface area contributed by atoms with Crippen molar-refractivity contribution in [3.63, 3.8) is 0 Å². The minimum absolute atomic E-state index is 0.00282. The molecule has 0 unspecified atom stereocenters. The third-order valence-electron chi connectivity index (χ3n) is 5.01. The molecule has 2 N–H and O–H groups in total. The number of amides is 1. The van der Waals surface area contributed by atoms with Gasteiger partial charge in [0.15, 0.2) is 0 Å². The molecule has 7 heteroatoms. The summed E-state index contributed by atoms with van der Waals surface area (Å²) in [5.74, 6) is 0.904. The minimum atomic E-state index is -0.00282. The molecular formula is C19H20N4O2S. The number of carbonyl (C=O) groups is 1. The van der Waals surface area contributed by atoms with Gasteiger partial charge in [-0.2, -0.15) is 0 Å². The summed E-state index contributed by atoms with van der Waals surface area (Å²) < 4.78 is 0. The summed E-state index contributed by atoms with van der Waals surface area (Å²) >= 11 is 1.57. The second-order valence-electron chi connectivity index (χ2n) is 6.74. The molecule has 26 heavy (non-hydrogen) atoms. The maximum absolute atomic E-state index is 12.5. The average Bonchev–Trinajstić information content (AvgIpc) is 3.22. The third kappa shape index (κ3) is 3.59. The zero-order valence-electron chi connectivity index (χ0n) is 14.3. The van der Waals surface area contributed by atoms with Crippen molar-refractivity contribution < 1.29 is 9.90 Å². The van der Waals surface area contributed by atoms with E-state index in [1.165, 1.54) is 0 Å². The summed E-state index contributed by atoms with van der Waals surface area (Å²) in [4.78, 5) is 26.4. The molecule has 134 valence electrons. The van der Waals surface area contributed by atoms with Crippen LogP contribution >= 0.6 is 11.3 Å². The summed E-state index contributed by atoms with van der Waals surface area (Å²) in [7, 11) is 0. The molecule has 0 aromatic carbocycles. The van der Waals surface area contributed by atoms with E-state index in [1.807, 2.05) is 24.5 Å². The number of fused-ring (bicyclic) bond motifs is 1. The van der Waals surface area contributed by atoms with Crippen molar-refractivity contribution in [2.45, 2.75) is 25.7 Å². The number of thiazole rings is 1. The smallest absolute Gasteiger partial charge is 0.228 e. The predicted molar refractivity (Wildman–Crippen MR) is 102 cm³/mol. The Morgan fingerprint density at radius 1 is 1.15 bits per heavy atom. The van der Waals surface area contributed by atoms with E-state index in [0.717, 1.165) is 47.0 Å². The fourth-order valence-electron chi connectivity index (χ4n) is 3.43. The fraction of sp³-hybridized carbons (Fsp3) is 0.368. The fourth-order valence-corrected chi connectivity index (χ4v) is 4.03. The van der Waals surface area contributed by atoms with Gasteiger partial charge < -0.3 is 10.4 Å². The number of hydrogen-bond donors (Lipinski definition) is 2. The Morgan fingerprint density at radius 2 is 2.00 bits per heavy atom. The third-order valence-corrected chi connectivity index (χ3v) is 5.83. The van der Waals surface area contributed by atoms with Crippen molar-refractivity contribution in [2.24, 2.45) is 11.8 Å². The van der Waals surface area contributed by atoms with E-state index in [1.54, 1.807) is 23.0 Å². The normalized spacial score (nSPS) is 20.2. The average molecular weight is 368 g/mol. The lowest BCUT2D eigenvalue weighted by Gasteiger charge is -2.26. The topological polar surface area (TPSA) is 88.0 Å². The van der Waals surface area contributed by atoms with Crippen molar-refractivity contribution in [3.05, 3.63) is 36.2 Å². The maximum atomic E-state index is 12.5. The van der Waals surface area contributed by atoms with E-state index < -0.39 is 0 Å². The van der Waals surface area contributed by atoms with Gasteiger partial charge in [0.2, 0.25) is 5.91 Å². The van der Waals surface area contributed by atoms with Gasteiger partial charge in [-0.15, -0.1) is 11.3 Å². The molecule has 1 saturated carbocycles. The summed E-state index contributed by atoms with van der Waals surface area (Å²) in [6.07, 6.45) is 8.77. The molecule has 4 rings (SSSR count). The van der Waals surface area contributed by atoms with Gasteiger partial charge in [0, 0.05) is 35.9 Å². The predicted octanol–water partition coefficient (Wildman–Crippen LogP) is 3.49. The Bertz CT molecular complexity index is 905. The molecule has 0 radical (unpaired) electrons. The van der Waals surface area contributed by atoms with E-state index in [2.05, 4.69) is 20.3 Å². The standard InChI is InChI=1S/C19H20N4O2S/c24-10-12-1-3-13(4-2-12)19(25)23-18-6-14-5-15(17-9-20-11-26-17)7-21-16(14)8-22-18/h5-9,11-13,24H,1-4,10H2,(H,22,23,25)/t12-,13-. The monoisotopic (exact) mass is 368 g/mol. The molecule has 1 aliphatic rings. The van der Waals surface area contributed by atoms with Crippen molar-refractivity contribution in [2.75, 3.05) is 11.9 Å². The van der Waals surface area contributed by atoms with Gasteiger partial charge in [-0.3, -0.25) is 14.8 Å². The van der Waals surface area contributed by atoms with E-state index in [4.69, 9.17) is 0 Å². The van der Waals surface area contributed by atoms with E-state index >= 15 is 0 Å². The molecule has 6 nitrogen and oxygen atoms in total. The van der Waals surface area contributed by atoms with Crippen LogP contribution in [0, 0.1) is 11.8 Å². The Morgan fingerprint density at radius 3 is 2.73 bits per heavy atom. The number of anilines is 1. The van der Waals surface area contributed by atoms with Crippen molar-refractivity contribution in [3.8, 4) is 10.4 Å². The van der Waals surface area contributed by atoms with Crippen molar-refractivity contribution in [1.82, 2.24) is 15.0 Å². The number of aliphatic hydroxyl groups excluding tert-OH is 1. The maximum Gasteiger partial charge on any atom is 0.228 e. The number of nitrogens with zero attached hydrogens (tertiary/aromatic N) is 3. The molecule has 1 fully saturated rings. The van der Waals surface area contributed by atoms with Crippen molar-refractivity contribution in [1.29, 1.82) is 0 Å². The van der Waals surface area contributed by atoms with Crippen LogP contribution in [0.4, 0.5) is 5.82 Å². The number of aromatic nitrogens is 3. The highest BCUT2D eigenvalue weighted by molar-refractivity contribution is 7.13. The Kier molecular flexibility index (Phi) is 4.90. The Hall–Kier alpha value is -2.38. The van der Waals surface area contributed by atoms with Crippen LogP contribution in [-0.2, 0) is 4.79 Å². The van der Waals surface area contributed by atoms with Crippen LogP contribution in [0.25, 0.3) is 21.3 Å². The second-order valence-corrected chi connectivity index (χ2v) is 7.63. The summed E-state index contributed by atoms with van der Waals surface area (Å²) in [6.45, 7) is 0.218. The first-order valence-corrected chi connectivity index (χ1v) is 9.67. The van der Waals surface area contributed by atoms with Gasteiger partial charge in [-0.05, 0) is 43.7 Å². The largest absolute Gasteiger partial charge is 0.396 e. The molecule has 3 heterocycles. The van der Waals surface area contributed by atoms with Crippen LogP contribution in [0.15, 0.2) is 36.2 Å². The van der Waals surface area contributed by atoms with Gasteiger partial charge in [0.25, 0.3) is 0 Å². The SMILES string of the molecule is O=C(Nc1cc2cc(-c3cncs3)cnc2cn1)[C@H]1CC[C@H](CO)CC1. The molecule has 3 aromatic heterocycles. The molecule has 0 aliphatic heterocycles. The number of aliphatic hydroxyl groups is 1. The van der Waals surface area contributed by atoms with Gasteiger partial charge >= 0.3 is 0 Å². The zero-order valence-corrected chi connectivity index (χ0v) is 15.1. The van der Waals surface area contributed by atoms with E-state index in [-0.39, 0.29) is 18.4 Å². The highest BCUT2D eigenvalue weighted by Gasteiger charge is 2.26. The highest BCUT2D eigenvalue weighted by atomic mass is 32.1. The molecule has 1 aliphatic carbocycles. The highest BCUT2D eigenvalue weighted by Crippen LogP contribution is 2.30. The van der Waals surface area contributed by atoms with Crippen LogP contribution in [-0.4, -0.2) is 32.6 Å². The summed E-state index contributed by atoms with van der Waals surface area (Å²) in [6, 6.07) is 3.91. The Balaban J connectivity index is 1.50. The van der Waals surface area contributed by atoms with Crippen LogP contribution < -0.4 is 5.32 Å². The van der Waals surface area contributed by atoms with Crippen LogP contribution in [0.2, 0.25) is 0 Å². The molecule has 0 atom stereocenters. The van der Waals surface area contributed by atoms with E-state index in [9.17, 15) is 9.90 Å². The van der Waals surface area contributed by atoms with Crippen LogP contribution in [0.3, 0.4) is 0 Å². The first-order valence-electron chi connectivity index (χ1n) is 8.79. The first kappa shape index (κ1) is 17.1. The number of carbonyl (C=O) groups excluding carboxylic acids is 1. The number of rotatable bonds is 4. The van der Waals surface area contributed by atoms with E-state index in [0.29, 0.717) is 11.7 Å².